The highest BCUT2D eigenvalue weighted by Crippen LogP contribution is 2.14. The quantitative estimate of drug-likeness (QED) is 0.701. The van der Waals surface area contributed by atoms with Gasteiger partial charge in [0.2, 0.25) is 10.0 Å². The van der Waals surface area contributed by atoms with Crippen molar-refractivity contribution in [2.75, 3.05) is 19.5 Å². The number of sulfonamides is 1. The lowest BCUT2D eigenvalue weighted by Crippen LogP contribution is -2.16. The molecular weight excluding hydrogens is 266 g/mol. The predicted octanol–water partition coefficient (Wildman–Crippen LogP) is 1.67. The number of unbranched alkanes of at least 4 members (excludes halogenated alkanes) is 2. The van der Waals surface area contributed by atoms with Crippen molar-refractivity contribution in [3.8, 4) is 5.75 Å². The Kier molecular flexibility index (Phi) is 6.83. The molecule has 1 aromatic carbocycles. The molecule has 0 aromatic heterocycles. The minimum absolute atomic E-state index is 0.0380. The lowest BCUT2D eigenvalue weighted by molar-refractivity contribution is 0.184. The normalized spacial score (nSPS) is 11.5. The molecule has 0 bridgehead atoms. The van der Waals surface area contributed by atoms with E-state index in [0.717, 1.165) is 24.2 Å². The summed E-state index contributed by atoms with van der Waals surface area (Å²) in [6.45, 7) is 1.13. The molecule has 0 heterocycles. The van der Waals surface area contributed by atoms with E-state index in [1.54, 1.807) is 7.11 Å². The number of hydrogen-bond donors (Lipinski definition) is 1. The van der Waals surface area contributed by atoms with Gasteiger partial charge in [-0.25, -0.2) is 13.6 Å². The Morgan fingerprint density at radius 2 is 2.00 bits per heavy atom. The Labute approximate surface area is 114 Å². The van der Waals surface area contributed by atoms with E-state index in [9.17, 15) is 8.42 Å². The predicted molar refractivity (Wildman–Crippen MR) is 74.5 cm³/mol. The minimum Gasteiger partial charge on any atom is -0.494 e. The van der Waals surface area contributed by atoms with Gasteiger partial charge in [-0.05, 0) is 37.0 Å². The van der Waals surface area contributed by atoms with Crippen molar-refractivity contribution in [3.63, 3.8) is 0 Å². The van der Waals surface area contributed by atoms with Crippen LogP contribution in [0.25, 0.3) is 0 Å². The van der Waals surface area contributed by atoms with Crippen LogP contribution in [0.4, 0.5) is 0 Å². The molecule has 6 heteroatoms. The van der Waals surface area contributed by atoms with Gasteiger partial charge in [0.15, 0.2) is 0 Å². The molecule has 0 unspecified atom stereocenters. The maximum Gasteiger partial charge on any atom is 0.209 e. The lowest BCUT2D eigenvalue weighted by atomic mass is 10.2. The van der Waals surface area contributed by atoms with Gasteiger partial charge in [0.1, 0.15) is 5.75 Å². The van der Waals surface area contributed by atoms with Crippen molar-refractivity contribution < 1.29 is 17.9 Å². The van der Waals surface area contributed by atoms with E-state index in [0.29, 0.717) is 19.6 Å². The zero-order valence-electron chi connectivity index (χ0n) is 11.2. The third-order valence-corrected chi connectivity index (χ3v) is 3.41. The molecule has 0 saturated heterocycles. The molecule has 0 fully saturated rings. The fraction of sp³-hybridized carbons (Fsp3) is 0.538. The van der Waals surface area contributed by atoms with Crippen LogP contribution in [0.3, 0.4) is 0 Å². The first kappa shape index (κ1) is 15.9. The summed E-state index contributed by atoms with van der Waals surface area (Å²) in [6.07, 6.45) is 2.17. The van der Waals surface area contributed by atoms with Crippen LogP contribution in [-0.4, -0.2) is 27.9 Å². The first-order valence-electron chi connectivity index (χ1n) is 6.22. The van der Waals surface area contributed by atoms with Crippen LogP contribution < -0.4 is 9.88 Å². The summed E-state index contributed by atoms with van der Waals surface area (Å²) in [4.78, 5) is 0. The molecular formula is C13H21NO4S. The number of methoxy groups -OCH3 is 1. The van der Waals surface area contributed by atoms with E-state index in [1.807, 2.05) is 24.3 Å². The SMILES string of the molecule is COCc1cccc(OCCCCCS(N)(=O)=O)c1. The summed E-state index contributed by atoms with van der Waals surface area (Å²) < 4.78 is 32.1. The molecule has 108 valence electrons. The van der Waals surface area contributed by atoms with Gasteiger partial charge in [0.25, 0.3) is 0 Å². The Morgan fingerprint density at radius 1 is 1.21 bits per heavy atom. The third kappa shape index (κ3) is 7.81. The van der Waals surface area contributed by atoms with Crippen molar-refractivity contribution in [1.82, 2.24) is 0 Å². The topological polar surface area (TPSA) is 78.6 Å². The van der Waals surface area contributed by atoms with Crippen LogP contribution in [0, 0.1) is 0 Å². The number of nitrogens with two attached hydrogens (primary N) is 1. The molecule has 0 atom stereocenters. The first-order chi connectivity index (χ1) is 9.01. The highest BCUT2D eigenvalue weighted by atomic mass is 32.2. The van der Waals surface area contributed by atoms with Crippen LogP contribution in [0.5, 0.6) is 5.75 Å². The molecule has 0 radical (unpaired) electrons. The van der Waals surface area contributed by atoms with E-state index in [2.05, 4.69) is 0 Å². The highest BCUT2D eigenvalue weighted by molar-refractivity contribution is 7.89. The summed E-state index contributed by atoms with van der Waals surface area (Å²) in [5.41, 5.74) is 1.06. The number of rotatable bonds is 9. The van der Waals surface area contributed by atoms with Crippen molar-refractivity contribution in [3.05, 3.63) is 29.8 Å². The maximum atomic E-state index is 10.7. The summed E-state index contributed by atoms with van der Waals surface area (Å²) in [5, 5.41) is 4.92. The summed E-state index contributed by atoms with van der Waals surface area (Å²) in [7, 11) is -1.68. The molecule has 0 amide bonds. The summed E-state index contributed by atoms with van der Waals surface area (Å²) in [5.74, 6) is 0.844. The zero-order valence-corrected chi connectivity index (χ0v) is 12.0. The minimum atomic E-state index is -3.33. The average molecular weight is 287 g/mol. The van der Waals surface area contributed by atoms with Crippen LogP contribution >= 0.6 is 0 Å². The number of ether oxygens (including phenoxy) is 2. The van der Waals surface area contributed by atoms with Gasteiger partial charge in [-0.15, -0.1) is 0 Å². The molecule has 0 spiro atoms. The average Bonchev–Trinajstić information content (AvgIpc) is 2.33. The zero-order chi connectivity index (χ0) is 14.1. The third-order valence-electron chi connectivity index (χ3n) is 2.55. The van der Waals surface area contributed by atoms with E-state index >= 15 is 0 Å². The Hall–Kier alpha value is -1.11. The molecule has 1 rings (SSSR count). The Bertz CT molecular complexity index is 473. The van der Waals surface area contributed by atoms with Crippen LogP contribution in [0.15, 0.2) is 24.3 Å². The van der Waals surface area contributed by atoms with Crippen molar-refractivity contribution in [1.29, 1.82) is 0 Å². The number of hydrogen-bond acceptors (Lipinski definition) is 4. The smallest absolute Gasteiger partial charge is 0.209 e. The molecule has 5 nitrogen and oxygen atoms in total. The van der Waals surface area contributed by atoms with Gasteiger partial charge in [0, 0.05) is 7.11 Å². The number of benzene rings is 1. The Morgan fingerprint density at radius 3 is 2.68 bits per heavy atom. The molecule has 0 aliphatic carbocycles. The van der Waals surface area contributed by atoms with Crippen molar-refractivity contribution in [2.24, 2.45) is 5.14 Å². The van der Waals surface area contributed by atoms with Crippen molar-refractivity contribution >= 4 is 10.0 Å². The van der Waals surface area contributed by atoms with E-state index < -0.39 is 10.0 Å². The number of primary sulfonamides is 1. The van der Waals surface area contributed by atoms with Gasteiger partial charge in [-0.1, -0.05) is 12.1 Å². The van der Waals surface area contributed by atoms with Gasteiger partial charge >= 0.3 is 0 Å². The fourth-order valence-corrected chi connectivity index (χ4v) is 2.27. The molecule has 0 saturated carbocycles. The lowest BCUT2D eigenvalue weighted by Gasteiger charge is -2.07. The van der Waals surface area contributed by atoms with E-state index in [1.165, 1.54) is 0 Å². The maximum absolute atomic E-state index is 10.7. The second kappa shape index (κ2) is 8.14. The van der Waals surface area contributed by atoms with E-state index in [-0.39, 0.29) is 5.75 Å². The second-order valence-corrected chi connectivity index (χ2v) is 6.09. The Balaban J connectivity index is 2.20. The molecule has 0 aliphatic heterocycles. The van der Waals surface area contributed by atoms with Crippen molar-refractivity contribution in [2.45, 2.75) is 25.9 Å². The summed E-state index contributed by atoms with van der Waals surface area (Å²) in [6, 6.07) is 7.73. The molecule has 2 N–H and O–H groups in total. The highest BCUT2D eigenvalue weighted by Gasteiger charge is 2.02. The van der Waals surface area contributed by atoms with E-state index in [4.69, 9.17) is 14.6 Å². The molecule has 1 aromatic rings. The monoisotopic (exact) mass is 287 g/mol. The van der Waals surface area contributed by atoms with Gasteiger partial charge in [0.05, 0.1) is 19.0 Å². The van der Waals surface area contributed by atoms with Crippen LogP contribution in [0.1, 0.15) is 24.8 Å². The van der Waals surface area contributed by atoms with Gasteiger partial charge in [-0.3, -0.25) is 0 Å². The fourth-order valence-electron chi connectivity index (χ4n) is 1.66. The summed E-state index contributed by atoms with van der Waals surface area (Å²) >= 11 is 0. The second-order valence-electron chi connectivity index (χ2n) is 4.36. The van der Waals surface area contributed by atoms with Crippen LogP contribution in [-0.2, 0) is 21.4 Å². The van der Waals surface area contributed by atoms with Crippen LogP contribution in [0.2, 0.25) is 0 Å². The molecule has 0 aliphatic rings. The standard InChI is InChI=1S/C13H21NO4S/c1-17-11-12-6-5-7-13(10-12)18-8-3-2-4-9-19(14,15)16/h5-7,10H,2-4,8-9,11H2,1H3,(H2,14,15,16). The largest absolute Gasteiger partial charge is 0.494 e. The molecule has 19 heavy (non-hydrogen) atoms. The van der Waals surface area contributed by atoms with Gasteiger partial charge in [-0.2, -0.15) is 0 Å². The first-order valence-corrected chi connectivity index (χ1v) is 7.94. The van der Waals surface area contributed by atoms with Gasteiger partial charge < -0.3 is 9.47 Å².